The number of anilines is 1. The molecule has 12 heteroatoms. The maximum atomic E-state index is 12.4. The molecule has 0 radical (unpaired) electrons. The van der Waals surface area contributed by atoms with Gasteiger partial charge in [0.25, 0.3) is 11.0 Å². The Hall–Kier alpha value is -2.95. The zero-order chi connectivity index (χ0) is 18.2. The molecule has 2 aromatic heterocycles. The number of fused-ring (bicyclic) bond motifs is 1. The number of rotatable bonds is 4. The fourth-order valence-corrected chi connectivity index (χ4v) is 2.31. The Bertz CT molecular complexity index is 1030. The average molecular weight is 358 g/mol. The van der Waals surface area contributed by atoms with Gasteiger partial charge in [-0.15, -0.1) is 11.6 Å². The summed E-state index contributed by atoms with van der Waals surface area (Å²) in [5, 5.41) is 12.7. The molecule has 0 saturated carbocycles. The highest BCUT2D eigenvalue weighted by Gasteiger charge is 2.27. The Balaban J connectivity index is 3.08. The van der Waals surface area contributed by atoms with Crippen molar-refractivity contribution in [3.05, 3.63) is 41.2 Å². The number of amides is 1. The van der Waals surface area contributed by atoms with Crippen LogP contribution in [0.1, 0.15) is 6.92 Å². The minimum atomic E-state index is -1.21. The second kappa shape index (κ2) is 6.28. The molecular weight excluding hydrogens is 346 g/mol. The van der Waals surface area contributed by atoms with Crippen molar-refractivity contribution >= 4 is 40.0 Å². The molecule has 0 unspecified atom stereocenters. The standard InChI is InChI=1S/C12H12ClN5O6/c1-3-17-10-6(11(21)16(2)12(17)22)8(20)7(18(23)24)9(15-10)14-5(19)4-13/h3-4H2,1-2H3,(H2,14,15,19,20). The van der Waals surface area contributed by atoms with Gasteiger partial charge in [-0.2, -0.15) is 0 Å². The number of H-pyrrole nitrogens is 1. The summed E-state index contributed by atoms with van der Waals surface area (Å²) in [6, 6.07) is 0. The normalized spacial score (nSPS) is 10.8. The van der Waals surface area contributed by atoms with Crippen molar-refractivity contribution in [1.82, 2.24) is 14.1 Å². The smallest absolute Gasteiger partial charge is 0.321 e. The third kappa shape index (κ3) is 2.58. The number of hydrogen-bond donors (Lipinski definition) is 2. The molecule has 24 heavy (non-hydrogen) atoms. The Morgan fingerprint density at radius 2 is 2.00 bits per heavy atom. The second-order valence-electron chi connectivity index (χ2n) is 4.73. The highest BCUT2D eigenvalue weighted by molar-refractivity contribution is 6.29. The van der Waals surface area contributed by atoms with Crippen LogP contribution in [-0.4, -0.2) is 30.8 Å². The molecule has 0 aliphatic heterocycles. The molecule has 0 aromatic carbocycles. The molecule has 2 heterocycles. The van der Waals surface area contributed by atoms with E-state index in [1.807, 2.05) is 0 Å². The van der Waals surface area contributed by atoms with Gasteiger partial charge in [0.2, 0.25) is 5.91 Å². The van der Waals surface area contributed by atoms with Crippen LogP contribution in [0.2, 0.25) is 0 Å². The lowest BCUT2D eigenvalue weighted by molar-refractivity contribution is -0.385. The number of carbonyl (C=O) groups is 1. The Kier molecular flexibility index (Phi) is 4.55. The van der Waals surface area contributed by atoms with E-state index in [1.54, 1.807) is 6.92 Å². The first-order valence-electron chi connectivity index (χ1n) is 6.64. The van der Waals surface area contributed by atoms with E-state index < -0.39 is 50.3 Å². The van der Waals surface area contributed by atoms with E-state index in [9.17, 15) is 29.3 Å². The van der Waals surface area contributed by atoms with Crippen molar-refractivity contribution in [2.75, 3.05) is 11.2 Å². The lowest BCUT2D eigenvalue weighted by Crippen LogP contribution is -2.40. The van der Waals surface area contributed by atoms with Crippen molar-refractivity contribution in [1.29, 1.82) is 0 Å². The van der Waals surface area contributed by atoms with Crippen LogP contribution in [0.4, 0.5) is 11.5 Å². The summed E-state index contributed by atoms with van der Waals surface area (Å²) in [7, 11) is 1.16. The van der Waals surface area contributed by atoms with Gasteiger partial charge < -0.3 is 10.3 Å². The topological polar surface area (TPSA) is 149 Å². The predicted octanol–water partition coefficient (Wildman–Crippen LogP) is -0.506. The van der Waals surface area contributed by atoms with E-state index in [0.29, 0.717) is 4.57 Å². The van der Waals surface area contributed by atoms with Gasteiger partial charge in [-0.05, 0) is 6.92 Å². The van der Waals surface area contributed by atoms with Crippen LogP contribution in [0.5, 0.6) is 0 Å². The van der Waals surface area contributed by atoms with E-state index in [0.717, 1.165) is 11.6 Å². The summed E-state index contributed by atoms with van der Waals surface area (Å²) < 4.78 is 1.74. The molecule has 2 rings (SSSR count). The molecule has 2 aromatic rings. The van der Waals surface area contributed by atoms with Crippen LogP contribution < -0.4 is 22.0 Å². The molecule has 1 amide bonds. The number of alkyl halides is 1. The Morgan fingerprint density at radius 1 is 1.38 bits per heavy atom. The first-order valence-corrected chi connectivity index (χ1v) is 7.18. The summed E-state index contributed by atoms with van der Waals surface area (Å²) in [6.07, 6.45) is 0. The van der Waals surface area contributed by atoms with E-state index in [2.05, 4.69) is 10.3 Å². The fourth-order valence-electron chi connectivity index (χ4n) is 2.24. The van der Waals surface area contributed by atoms with Crippen molar-refractivity contribution in [3.63, 3.8) is 0 Å². The number of nitrogens with one attached hydrogen (secondary N) is 2. The Labute approximate surface area is 137 Å². The number of pyridine rings is 1. The average Bonchev–Trinajstić information content (AvgIpc) is 2.52. The number of nitrogens with zero attached hydrogens (tertiary/aromatic N) is 3. The van der Waals surface area contributed by atoms with Crippen LogP contribution in [0, 0.1) is 10.1 Å². The quantitative estimate of drug-likeness (QED) is 0.427. The summed E-state index contributed by atoms with van der Waals surface area (Å²) in [5.74, 6) is -1.85. The van der Waals surface area contributed by atoms with Crippen molar-refractivity contribution in [2.45, 2.75) is 13.5 Å². The number of nitro groups is 1. The molecule has 0 fully saturated rings. The number of hydrogen-bond acceptors (Lipinski definition) is 6. The number of carbonyl (C=O) groups excluding carboxylic acids is 1. The van der Waals surface area contributed by atoms with E-state index in [4.69, 9.17) is 11.6 Å². The first kappa shape index (κ1) is 17.4. The number of aromatic nitrogens is 3. The molecule has 128 valence electrons. The van der Waals surface area contributed by atoms with Gasteiger partial charge in [0.05, 0.1) is 4.92 Å². The monoisotopic (exact) mass is 357 g/mol. The van der Waals surface area contributed by atoms with Crippen LogP contribution in [0.25, 0.3) is 11.0 Å². The first-order chi connectivity index (χ1) is 11.2. The lowest BCUT2D eigenvalue weighted by Gasteiger charge is -2.11. The van der Waals surface area contributed by atoms with Gasteiger partial charge in [-0.3, -0.25) is 33.6 Å². The van der Waals surface area contributed by atoms with Gasteiger partial charge in [0, 0.05) is 13.6 Å². The third-order valence-electron chi connectivity index (χ3n) is 3.35. The minimum absolute atomic E-state index is 0.0834. The van der Waals surface area contributed by atoms with E-state index in [-0.39, 0.29) is 12.2 Å². The Morgan fingerprint density at radius 3 is 2.50 bits per heavy atom. The maximum absolute atomic E-state index is 12.4. The molecule has 0 bridgehead atoms. The maximum Gasteiger partial charge on any atom is 0.357 e. The van der Waals surface area contributed by atoms with Gasteiger partial charge >= 0.3 is 11.4 Å². The molecular formula is C12H12ClN5O6. The molecule has 2 N–H and O–H groups in total. The zero-order valence-electron chi connectivity index (χ0n) is 12.6. The van der Waals surface area contributed by atoms with Gasteiger partial charge in [0.1, 0.15) is 16.9 Å². The lowest BCUT2D eigenvalue weighted by atomic mass is 10.2. The van der Waals surface area contributed by atoms with E-state index >= 15 is 0 Å². The van der Waals surface area contributed by atoms with Gasteiger partial charge in [-0.1, -0.05) is 0 Å². The minimum Gasteiger partial charge on any atom is -0.321 e. The summed E-state index contributed by atoms with van der Waals surface area (Å²) in [6.45, 7) is 1.67. The highest BCUT2D eigenvalue weighted by atomic mass is 35.5. The van der Waals surface area contributed by atoms with Crippen molar-refractivity contribution in [3.8, 4) is 0 Å². The van der Waals surface area contributed by atoms with E-state index in [1.165, 1.54) is 0 Å². The van der Waals surface area contributed by atoms with Crippen LogP contribution in [-0.2, 0) is 18.4 Å². The predicted molar refractivity (Wildman–Crippen MR) is 85.7 cm³/mol. The second-order valence-corrected chi connectivity index (χ2v) is 5.00. The number of aryl methyl sites for hydroxylation is 1. The largest absolute Gasteiger partial charge is 0.357 e. The molecule has 0 spiro atoms. The molecule has 0 saturated heterocycles. The zero-order valence-corrected chi connectivity index (χ0v) is 13.3. The fraction of sp³-hybridized carbons (Fsp3) is 0.333. The number of halogens is 1. The number of aromatic amines is 1. The summed E-state index contributed by atoms with van der Waals surface area (Å²) >= 11 is 5.34. The van der Waals surface area contributed by atoms with Gasteiger partial charge in [0.15, 0.2) is 5.82 Å². The highest BCUT2D eigenvalue weighted by Crippen LogP contribution is 2.20. The SMILES string of the molecule is CCn1c(=O)n(C)c(=O)c2c(=O)c([N+](=O)[O-])c(NC(=O)CCl)[nH]c21. The third-order valence-corrected chi connectivity index (χ3v) is 3.59. The van der Waals surface area contributed by atoms with Crippen molar-refractivity contribution < 1.29 is 9.72 Å². The van der Waals surface area contributed by atoms with Crippen LogP contribution >= 0.6 is 11.6 Å². The van der Waals surface area contributed by atoms with Crippen molar-refractivity contribution in [2.24, 2.45) is 7.05 Å². The van der Waals surface area contributed by atoms with Crippen LogP contribution in [0.15, 0.2) is 14.4 Å². The molecule has 11 nitrogen and oxygen atoms in total. The summed E-state index contributed by atoms with van der Waals surface area (Å²) in [5.41, 5.74) is -4.12. The molecule has 0 aliphatic carbocycles. The molecule has 0 atom stereocenters. The van der Waals surface area contributed by atoms with Crippen LogP contribution in [0.3, 0.4) is 0 Å². The molecule has 0 aliphatic rings. The van der Waals surface area contributed by atoms with Gasteiger partial charge in [-0.25, -0.2) is 4.79 Å². The summed E-state index contributed by atoms with van der Waals surface area (Å²) in [4.78, 5) is 60.8.